The molecule has 2 aromatic rings. The quantitative estimate of drug-likeness (QED) is 0.821. The normalized spacial score (nSPS) is 10.6. The monoisotopic (exact) mass is 282 g/mol. The number of anilines is 1. The Labute approximate surface area is 128 Å². The Morgan fingerprint density at radius 2 is 1.48 bits per heavy atom. The number of rotatable bonds is 7. The summed E-state index contributed by atoms with van der Waals surface area (Å²) in [6, 6.07) is 17.7. The third-order valence-electron chi connectivity index (χ3n) is 3.76. The zero-order valence-electron chi connectivity index (χ0n) is 13.4. The molecule has 112 valence electrons. The third kappa shape index (κ3) is 4.61. The number of aryl methyl sites for hydroxylation is 1. The second-order valence-electron chi connectivity index (χ2n) is 5.45. The molecule has 2 nitrogen and oxygen atoms in total. The molecule has 0 saturated heterocycles. The molecule has 21 heavy (non-hydrogen) atoms. The van der Waals surface area contributed by atoms with Gasteiger partial charge in [-0.1, -0.05) is 48.9 Å². The zero-order valence-corrected chi connectivity index (χ0v) is 13.4. The summed E-state index contributed by atoms with van der Waals surface area (Å²) in [5, 5.41) is 3.36. The molecule has 0 aliphatic heterocycles. The lowest BCUT2D eigenvalue weighted by molar-refractivity contribution is 0.726. The fourth-order valence-corrected chi connectivity index (χ4v) is 2.39. The molecule has 2 rings (SSSR count). The van der Waals surface area contributed by atoms with Crippen LogP contribution in [0.25, 0.3) is 0 Å². The van der Waals surface area contributed by atoms with Crippen molar-refractivity contribution in [2.24, 2.45) is 0 Å². The molecule has 0 atom stereocenters. The Balaban J connectivity index is 2.02. The molecule has 0 amide bonds. The van der Waals surface area contributed by atoms with E-state index in [1.807, 2.05) is 0 Å². The van der Waals surface area contributed by atoms with Gasteiger partial charge in [-0.3, -0.25) is 0 Å². The van der Waals surface area contributed by atoms with Crippen molar-refractivity contribution in [1.29, 1.82) is 0 Å². The molecular weight excluding hydrogens is 256 g/mol. The smallest absolute Gasteiger partial charge is 0.0429 e. The van der Waals surface area contributed by atoms with Gasteiger partial charge >= 0.3 is 0 Å². The van der Waals surface area contributed by atoms with Crippen LogP contribution in [0.15, 0.2) is 48.5 Å². The first-order valence-electron chi connectivity index (χ1n) is 7.83. The molecular formula is C19H26N2. The second-order valence-corrected chi connectivity index (χ2v) is 5.45. The molecule has 0 aromatic heterocycles. The molecule has 0 aliphatic carbocycles. The summed E-state index contributed by atoms with van der Waals surface area (Å²) >= 11 is 0. The van der Waals surface area contributed by atoms with Gasteiger partial charge in [-0.15, -0.1) is 0 Å². The molecule has 2 aromatic carbocycles. The molecule has 0 aliphatic rings. The fourth-order valence-electron chi connectivity index (χ4n) is 2.39. The van der Waals surface area contributed by atoms with Gasteiger partial charge in [0.25, 0.3) is 0 Å². The first-order chi connectivity index (χ1) is 10.2. The van der Waals surface area contributed by atoms with E-state index in [0.29, 0.717) is 0 Å². The maximum absolute atomic E-state index is 3.36. The first kappa shape index (κ1) is 15.6. The van der Waals surface area contributed by atoms with E-state index in [9.17, 15) is 0 Å². The molecule has 0 heterocycles. The van der Waals surface area contributed by atoms with Crippen LogP contribution in [0, 0.1) is 6.92 Å². The van der Waals surface area contributed by atoms with Gasteiger partial charge in [0.15, 0.2) is 0 Å². The number of nitrogens with one attached hydrogen (secondary N) is 1. The molecule has 0 bridgehead atoms. The minimum absolute atomic E-state index is 0.951. The molecule has 2 heteroatoms. The van der Waals surface area contributed by atoms with Crippen molar-refractivity contribution in [2.75, 3.05) is 18.0 Å². The average Bonchev–Trinajstić information content (AvgIpc) is 2.53. The van der Waals surface area contributed by atoms with E-state index >= 15 is 0 Å². The third-order valence-corrected chi connectivity index (χ3v) is 3.76. The largest absolute Gasteiger partial charge is 0.367 e. The molecule has 0 radical (unpaired) electrons. The Morgan fingerprint density at radius 1 is 0.857 bits per heavy atom. The Kier molecular flexibility index (Phi) is 5.82. The lowest BCUT2D eigenvalue weighted by Gasteiger charge is -2.23. The maximum atomic E-state index is 3.36. The van der Waals surface area contributed by atoms with Crippen molar-refractivity contribution in [1.82, 2.24) is 5.32 Å². The van der Waals surface area contributed by atoms with Gasteiger partial charge in [0.1, 0.15) is 0 Å². The van der Waals surface area contributed by atoms with Gasteiger partial charge in [-0.25, -0.2) is 0 Å². The number of benzene rings is 2. The molecule has 1 N–H and O–H groups in total. The number of hydrogen-bond donors (Lipinski definition) is 1. The minimum atomic E-state index is 0.951. The van der Waals surface area contributed by atoms with Crippen molar-refractivity contribution in [2.45, 2.75) is 33.9 Å². The summed E-state index contributed by atoms with van der Waals surface area (Å²) < 4.78 is 0. The van der Waals surface area contributed by atoms with E-state index in [1.165, 1.54) is 22.4 Å². The summed E-state index contributed by atoms with van der Waals surface area (Å²) in [5.41, 5.74) is 5.30. The lowest BCUT2D eigenvalue weighted by atomic mass is 10.1. The van der Waals surface area contributed by atoms with Crippen molar-refractivity contribution in [3.8, 4) is 0 Å². The van der Waals surface area contributed by atoms with E-state index in [2.05, 4.69) is 79.5 Å². The SMILES string of the molecule is CCNCc1ccc(CN(CC)c2ccc(C)cc2)cc1. The van der Waals surface area contributed by atoms with Gasteiger partial charge in [-0.2, -0.15) is 0 Å². The van der Waals surface area contributed by atoms with Gasteiger partial charge in [0, 0.05) is 25.3 Å². The van der Waals surface area contributed by atoms with Crippen LogP contribution >= 0.6 is 0 Å². The maximum Gasteiger partial charge on any atom is 0.0429 e. The Bertz CT molecular complexity index is 528. The fraction of sp³-hybridized carbons (Fsp3) is 0.368. The summed E-state index contributed by atoms with van der Waals surface area (Å²) in [5.74, 6) is 0. The molecule has 0 spiro atoms. The second kappa shape index (κ2) is 7.84. The minimum Gasteiger partial charge on any atom is -0.367 e. The van der Waals surface area contributed by atoms with Crippen LogP contribution in [0.4, 0.5) is 5.69 Å². The van der Waals surface area contributed by atoms with Crippen LogP contribution in [-0.2, 0) is 13.1 Å². The molecule has 0 saturated carbocycles. The van der Waals surface area contributed by atoms with E-state index in [1.54, 1.807) is 0 Å². The van der Waals surface area contributed by atoms with Gasteiger partial charge in [0.05, 0.1) is 0 Å². The first-order valence-corrected chi connectivity index (χ1v) is 7.83. The van der Waals surface area contributed by atoms with Crippen LogP contribution in [0.2, 0.25) is 0 Å². The Hall–Kier alpha value is -1.80. The van der Waals surface area contributed by atoms with Gasteiger partial charge < -0.3 is 10.2 Å². The van der Waals surface area contributed by atoms with Gasteiger partial charge in [-0.05, 0) is 43.7 Å². The standard InChI is InChI=1S/C19H26N2/c1-4-20-14-17-8-10-18(11-9-17)15-21(5-2)19-12-6-16(3)7-13-19/h6-13,20H,4-5,14-15H2,1-3H3. The van der Waals surface area contributed by atoms with Gasteiger partial charge in [0.2, 0.25) is 0 Å². The van der Waals surface area contributed by atoms with Crippen LogP contribution in [0.3, 0.4) is 0 Å². The highest BCUT2D eigenvalue weighted by Gasteiger charge is 2.05. The average molecular weight is 282 g/mol. The molecule has 0 unspecified atom stereocenters. The van der Waals surface area contributed by atoms with Crippen LogP contribution < -0.4 is 10.2 Å². The van der Waals surface area contributed by atoms with Crippen molar-refractivity contribution in [3.05, 3.63) is 65.2 Å². The summed E-state index contributed by atoms with van der Waals surface area (Å²) in [6.45, 7) is 10.4. The van der Waals surface area contributed by atoms with Crippen molar-refractivity contribution in [3.63, 3.8) is 0 Å². The summed E-state index contributed by atoms with van der Waals surface area (Å²) in [6.07, 6.45) is 0. The van der Waals surface area contributed by atoms with Crippen LogP contribution in [0.1, 0.15) is 30.5 Å². The van der Waals surface area contributed by atoms with Crippen molar-refractivity contribution >= 4 is 5.69 Å². The van der Waals surface area contributed by atoms with Crippen LogP contribution in [-0.4, -0.2) is 13.1 Å². The van der Waals surface area contributed by atoms with E-state index in [4.69, 9.17) is 0 Å². The van der Waals surface area contributed by atoms with E-state index < -0.39 is 0 Å². The zero-order chi connectivity index (χ0) is 15.1. The number of hydrogen-bond acceptors (Lipinski definition) is 2. The highest BCUT2D eigenvalue weighted by molar-refractivity contribution is 5.48. The van der Waals surface area contributed by atoms with E-state index in [-0.39, 0.29) is 0 Å². The predicted molar refractivity (Wildman–Crippen MR) is 91.7 cm³/mol. The topological polar surface area (TPSA) is 15.3 Å². The summed E-state index contributed by atoms with van der Waals surface area (Å²) in [7, 11) is 0. The number of nitrogens with zero attached hydrogens (tertiary/aromatic N) is 1. The highest BCUT2D eigenvalue weighted by Crippen LogP contribution is 2.18. The van der Waals surface area contributed by atoms with Crippen molar-refractivity contribution < 1.29 is 0 Å². The Morgan fingerprint density at radius 3 is 2.05 bits per heavy atom. The van der Waals surface area contributed by atoms with Crippen LogP contribution in [0.5, 0.6) is 0 Å². The predicted octanol–water partition coefficient (Wildman–Crippen LogP) is 4.13. The summed E-state index contributed by atoms with van der Waals surface area (Å²) in [4.78, 5) is 2.40. The molecule has 0 fully saturated rings. The highest BCUT2D eigenvalue weighted by atomic mass is 15.1. The lowest BCUT2D eigenvalue weighted by Crippen LogP contribution is -2.21. The van der Waals surface area contributed by atoms with E-state index in [0.717, 1.165) is 26.2 Å².